The molecule has 0 unspecified atom stereocenters. The molecular weight excluding hydrogens is 257 g/mol. The van der Waals surface area contributed by atoms with Crippen molar-refractivity contribution in [2.45, 2.75) is 5.92 Å². The number of hydrogen-bond acceptors (Lipinski definition) is 2. The van der Waals surface area contributed by atoms with Crippen LogP contribution < -0.4 is 0 Å². The predicted molar refractivity (Wildman–Crippen MR) is 48.1 cm³/mol. The lowest BCUT2D eigenvalue weighted by molar-refractivity contribution is -0.132. The summed E-state index contributed by atoms with van der Waals surface area (Å²) in [7, 11) is 0. The molecule has 0 aromatic carbocycles. The molecule has 0 spiro atoms. The molecule has 0 rings (SSSR count). The van der Waals surface area contributed by atoms with Gasteiger partial charge in [-0.3, -0.25) is 0 Å². The molecule has 0 saturated carbocycles. The number of carbonyl (C=O) groups is 2. The molecule has 8 heteroatoms. The van der Waals surface area contributed by atoms with E-state index in [4.69, 9.17) is 33.4 Å². The van der Waals surface area contributed by atoms with E-state index in [-0.39, 0.29) is 12.2 Å². The van der Waals surface area contributed by atoms with Gasteiger partial charge in [-0.05, 0) is 0 Å². The third kappa shape index (κ3) is 4.26. The highest BCUT2D eigenvalue weighted by molar-refractivity contribution is 6.36. The highest BCUT2D eigenvalue weighted by Crippen LogP contribution is 2.36. The molecule has 4 nitrogen and oxygen atoms in total. The summed E-state index contributed by atoms with van der Waals surface area (Å²) in [6.07, 6.45) is 0.0548. The molecule has 0 saturated heterocycles. The summed E-state index contributed by atoms with van der Waals surface area (Å²) in [6.45, 7) is 0. The molecule has 0 aliphatic heterocycles. The van der Waals surface area contributed by atoms with E-state index in [1.54, 1.807) is 0 Å². The standard InChI is InChI=1S/C7H4Cl2F2O4/c8-3(1-5(12)13)7(10,11)4(9)2-6(14)15/h1-2H,(H,12,13)(H,14,15). The van der Waals surface area contributed by atoms with E-state index in [0.717, 1.165) is 0 Å². The second-order valence-electron chi connectivity index (χ2n) is 2.24. The Morgan fingerprint density at radius 1 is 1.00 bits per heavy atom. The first-order chi connectivity index (χ1) is 6.67. The van der Waals surface area contributed by atoms with Crippen LogP contribution in [0, 0.1) is 0 Å². The van der Waals surface area contributed by atoms with E-state index in [2.05, 4.69) is 0 Å². The second kappa shape index (κ2) is 5.09. The lowest BCUT2D eigenvalue weighted by atomic mass is 10.2. The van der Waals surface area contributed by atoms with Crippen LogP contribution in [-0.4, -0.2) is 28.1 Å². The van der Waals surface area contributed by atoms with Gasteiger partial charge in [-0.15, -0.1) is 0 Å². The minimum Gasteiger partial charge on any atom is -0.478 e. The Hall–Kier alpha value is -1.14. The van der Waals surface area contributed by atoms with Gasteiger partial charge in [0.2, 0.25) is 0 Å². The highest BCUT2D eigenvalue weighted by atomic mass is 35.5. The van der Waals surface area contributed by atoms with Crippen molar-refractivity contribution in [3.63, 3.8) is 0 Å². The van der Waals surface area contributed by atoms with E-state index >= 15 is 0 Å². The number of aliphatic carboxylic acids is 2. The zero-order chi connectivity index (χ0) is 12.2. The van der Waals surface area contributed by atoms with Gasteiger partial charge >= 0.3 is 17.9 Å². The highest BCUT2D eigenvalue weighted by Gasteiger charge is 2.38. The Kier molecular flexibility index (Phi) is 4.70. The fourth-order valence-electron chi connectivity index (χ4n) is 0.512. The molecule has 0 heterocycles. The molecule has 0 bridgehead atoms. The third-order valence-electron chi connectivity index (χ3n) is 1.10. The fourth-order valence-corrected chi connectivity index (χ4v) is 0.951. The van der Waals surface area contributed by atoms with Gasteiger partial charge in [0.25, 0.3) is 0 Å². The predicted octanol–water partition coefficient (Wildman–Crippen LogP) is 2.04. The van der Waals surface area contributed by atoms with Crippen molar-refractivity contribution in [2.75, 3.05) is 0 Å². The number of carboxylic acid groups (broad SMARTS) is 2. The van der Waals surface area contributed by atoms with Crippen molar-refractivity contribution in [3.05, 3.63) is 22.2 Å². The largest absolute Gasteiger partial charge is 0.478 e. The van der Waals surface area contributed by atoms with Crippen LogP contribution >= 0.6 is 23.2 Å². The van der Waals surface area contributed by atoms with Crippen molar-refractivity contribution in [1.82, 2.24) is 0 Å². The Balaban J connectivity index is 5.14. The fraction of sp³-hybridized carbons (Fsp3) is 0.143. The molecule has 0 radical (unpaired) electrons. The molecule has 0 atom stereocenters. The quantitative estimate of drug-likeness (QED) is 0.759. The number of allylic oxidation sites excluding steroid dienone is 2. The van der Waals surface area contributed by atoms with E-state index in [1.807, 2.05) is 0 Å². The number of alkyl halides is 2. The molecule has 2 N–H and O–H groups in total. The Morgan fingerprint density at radius 2 is 1.27 bits per heavy atom. The van der Waals surface area contributed by atoms with Crippen LogP contribution in [0.1, 0.15) is 0 Å². The van der Waals surface area contributed by atoms with E-state index < -0.39 is 27.9 Å². The van der Waals surface area contributed by atoms with Gasteiger partial charge < -0.3 is 10.2 Å². The topological polar surface area (TPSA) is 74.6 Å². The van der Waals surface area contributed by atoms with E-state index in [9.17, 15) is 18.4 Å². The van der Waals surface area contributed by atoms with E-state index in [1.165, 1.54) is 0 Å². The monoisotopic (exact) mass is 260 g/mol. The summed E-state index contributed by atoms with van der Waals surface area (Å²) in [6, 6.07) is 0. The minimum atomic E-state index is -4.03. The minimum absolute atomic E-state index is 0.0274. The molecular formula is C7H4Cl2F2O4. The van der Waals surface area contributed by atoms with Crippen LogP contribution in [0.4, 0.5) is 8.78 Å². The molecule has 0 aromatic rings. The van der Waals surface area contributed by atoms with Gasteiger partial charge in [-0.25, -0.2) is 9.59 Å². The average Bonchev–Trinajstić information content (AvgIpc) is 2.01. The average molecular weight is 261 g/mol. The molecule has 0 aliphatic carbocycles. The zero-order valence-corrected chi connectivity index (χ0v) is 8.39. The van der Waals surface area contributed by atoms with Gasteiger partial charge in [0, 0.05) is 12.2 Å². The maximum absolute atomic E-state index is 13.0. The van der Waals surface area contributed by atoms with Gasteiger partial charge in [0.05, 0.1) is 10.1 Å². The molecule has 0 aromatic heterocycles. The third-order valence-corrected chi connectivity index (χ3v) is 1.79. The Bertz CT molecular complexity index is 317. The van der Waals surface area contributed by atoms with Crippen LogP contribution in [0.25, 0.3) is 0 Å². The van der Waals surface area contributed by atoms with Crippen LogP contribution in [0.15, 0.2) is 22.2 Å². The van der Waals surface area contributed by atoms with E-state index in [0.29, 0.717) is 0 Å². The normalized spacial score (nSPS) is 13.9. The van der Waals surface area contributed by atoms with Crippen molar-refractivity contribution in [1.29, 1.82) is 0 Å². The Labute approximate surface area is 92.4 Å². The second-order valence-corrected chi connectivity index (χ2v) is 3.05. The van der Waals surface area contributed by atoms with Gasteiger partial charge in [0.1, 0.15) is 0 Å². The summed E-state index contributed by atoms with van der Waals surface area (Å²) >= 11 is 9.92. The smallest absolute Gasteiger partial charge is 0.329 e. The van der Waals surface area contributed by atoms with Crippen molar-refractivity contribution in [2.24, 2.45) is 0 Å². The van der Waals surface area contributed by atoms with Gasteiger partial charge in [0.15, 0.2) is 0 Å². The molecule has 0 fully saturated rings. The van der Waals surface area contributed by atoms with Crippen LogP contribution in [0.2, 0.25) is 0 Å². The molecule has 84 valence electrons. The molecule has 0 aliphatic rings. The van der Waals surface area contributed by atoms with Gasteiger partial charge in [-0.1, -0.05) is 23.2 Å². The first kappa shape index (κ1) is 13.9. The number of hydrogen-bond donors (Lipinski definition) is 2. The summed E-state index contributed by atoms with van der Waals surface area (Å²) < 4.78 is 26.0. The first-order valence-corrected chi connectivity index (χ1v) is 4.02. The lowest BCUT2D eigenvalue weighted by Gasteiger charge is -2.13. The lowest BCUT2D eigenvalue weighted by Crippen LogP contribution is -2.18. The Morgan fingerprint density at radius 3 is 1.47 bits per heavy atom. The molecule has 15 heavy (non-hydrogen) atoms. The van der Waals surface area contributed by atoms with Crippen molar-refractivity contribution < 1.29 is 28.6 Å². The zero-order valence-electron chi connectivity index (χ0n) is 6.88. The summed E-state index contributed by atoms with van der Waals surface area (Å²) in [5.74, 6) is -7.42. The number of halogens is 4. The number of rotatable bonds is 4. The van der Waals surface area contributed by atoms with Crippen LogP contribution in [0.3, 0.4) is 0 Å². The maximum Gasteiger partial charge on any atom is 0.329 e. The summed E-state index contributed by atoms with van der Waals surface area (Å²) in [5, 5.41) is 13.5. The summed E-state index contributed by atoms with van der Waals surface area (Å²) in [4.78, 5) is 20.1. The summed E-state index contributed by atoms with van der Waals surface area (Å²) in [5.41, 5.74) is 0. The number of carboxylic acids is 2. The van der Waals surface area contributed by atoms with Crippen LogP contribution in [0.5, 0.6) is 0 Å². The van der Waals surface area contributed by atoms with Crippen molar-refractivity contribution >= 4 is 35.1 Å². The first-order valence-electron chi connectivity index (χ1n) is 3.27. The maximum atomic E-state index is 13.0. The van der Waals surface area contributed by atoms with Crippen molar-refractivity contribution in [3.8, 4) is 0 Å². The molecule has 0 amide bonds. The van der Waals surface area contributed by atoms with Gasteiger partial charge in [-0.2, -0.15) is 8.78 Å². The van der Waals surface area contributed by atoms with Crippen LogP contribution in [-0.2, 0) is 9.59 Å². The SMILES string of the molecule is O=C(O)C=C(Cl)C(F)(F)C(Cl)=CC(=O)O.